The zero-order chi connectivity index (χ0) is 14.8. The summed E-state index contributed by atoms with van der Waals surface area (Å²) in [5.74, 6) is -0.547. The van der Waals surface area contributed by atoms with Crippen molar-refractivity contribution in [2.45, 2.75) is 39.0 Å². The molecule has 1 amide bonds. The fourth-order valence-electron chi connectivity index (χ4n) is 2.73. The van der Waals surface area contributed by atoms with Gasteiger partial charge in [0.15, 0.2) is 0 Å². The molecule has 3 nitrogen and oxygen atoms in total. The fourth-order valence-corrected chi connectivity index (χ4v) is 3.02. The molecule has 5 heteroatoms. The van der Waals surface area contributed by atoms with Crippen molar-refractivity contribution in [3.05, 3.63) is 29.6 Å². The van der Waals surface area contributed by atoms with E-state index in [9.17, 15) is 9.18 Å². The summed E-state index contributed by atoms with van der Waals surface area (Å²) in [6.45, 7) is 1.64. The van der Waals surface area contributed by atoms with Crippen LogP contribution in [0.2, 0.25) is 0 Å². The lowest BCUT2D eigenvalue weighted by atomic mass is 9.73. The predicted octanol–water partition coefficient (Wildman–Crippen LogP) is 3.31. The number of anilines is 1. The van der Waals surface area contributed by atoms with Crippen LogP contribution < -0.4 is 11.1 Å². The summed E-state index contributed by atoms with van der Waals surface area (Å²) in [6.07, 6.45) is 4.31. The van der Waals surface area contributed by atoms with Crippen LogP contribution in [0.3, 0.4) is 0 Å². The van der Waals surface area contributed by atoms with E-state index in [0.717, 1.165) is 19.3 Å². The average Bonchev–Trinajstić information content (AvgIpc) is 2.44. The molecular weight excluding hydrogens is 275 g/mol. The number of thiocarbonyl (C=S) groups is 1. The molecule has 0 aromatic heterocycles. The van der Waals surface area contributed by atoms with Crippen LogP contribution in [0.1, 0.15) is 37.7 Å². The van der Waals surface area contributed by atoms with Crippen LogP contribution in [0, 0.1) is 18.2 Å². The maximum Gasteiger partial charge on any atom is 0.237 e. The highest BCUT2D eigenvalue weighted by Gasteiger charge is 2.42. The van der Waals surface area contributed by atoms with Crippen LogP contribution >= 0.6 is 12.2 Å². The van der Waals surface area contributed by atoms with E-state index in [4.69, 9.17) is 18.0 Å². The van der Waals surface area contributed by atoms with Gasteiger partial charge in [-0.05, 0) is 31.9 Å². The summed E-state index contributed by atoms with van der Waals surface area (Å²) < 4.78 is 13.5. The minimum Gasteiger partial charge on any atom is -0.392 e. The summed E-state index contributed by atoms with van der Waals surface area (Å²) in [7, 11) is 0. The zero-order valence-electron chi connectivity index (χ0n) is 11.5. The summed E-state index contributed by atoms with van der Waals surface area (Å²) in [5.41, 5.74) is 5.94. The predicted molar refractivity (Wildman–Crippen MR) is 82.1 cm³/mol. The zero-order valence-corrected chi connectivity index (χ0v) is 12.4. The molecule has 0 unspecified atom stereocenters. The normalized spacial score (nSPS) is 17.5. The van der Waals surface area contributed by atoms with Gasteiger partial charge in [0.25, 0.3) is 0 Å². The number of amides is 1. The van der Waals surface area contributed by atoms with E-state index in [2.05, 4.69) is 5.32 Å². The van der Waals surface area contributed by atoms with Crippen LogP contribution in [-0.4, -0.2) is 10.9 Å². The summed E-state index contributed by atoms with van der Waals surface area (Å²) in [4.78, 5) is 12.8. The molecule has 0 heterocycles. The molecule has 2 rings (SSSR count). The Morgan fingerprint density at radius 3 is 2.60 bits per heavy atom. The van der Waals surface area contributed by atoms with E-state index in [-0.39, 0.29) is 16.7 Å². The first-order valence-electron chi connectivity index (χ1n) is 6.84. The molecule has 0 bridgehead atoms. The topological polar surface area (TPSA) is 55.1 Å². The van der Waals surface area contributed by atoms with Crippen molar-refractivity contribution >= 4 is 28.8 Å². The first kappa shape index (κ1) is 14.9. The maximum absolute atomic E-state index is 13.5. The van der Waals surface area contributed by atoms with Crippen molar-refractivity contribution < 1.29 is 9.18 Å². The highest BCUT2D eigenvalue weighted by molar-refractivity contribution is 7.80. The van der Waals surface area contributed by atoms with Gasteiger partial charge in [0.1, 0.15) is 5.82 Å². The Kier molecular flexibility index (Phi) is 4.38. The van der Waals surface area contributed by atoms with Crippen molar-refractivity contribution in [3.63, 3.8) is 0 Å². The molecule has 1 aromatic carbocycles. The van der Waals surface area contributed by atoms with Crippen LogP contribution in [0.4, 0.5) is 10.1 Å². The molecule has 108 valence electrons. The number of carbonyl (C=O) groups excluding carboxylic acids is 1. The third-order valence-corrected chi connectivity index (χ3v) is 4.52. The first-order chi connectivity index (χ1) is 9.47. The van der Waals surface area contributed by atoms with Crippen molar-refractivity contribution in [1.29, 1.82) is 0 Å². The maximum atomic E-state index is 13.5. The van der Waals surface area contributed by atoms with Gasteiger partial charge in [-0.3, -0.25) is 4.79 Å². The van der Waals surface area contributed by atoms with E-state index in [1.165, 1.54) is 6.07 Å². The SMILES string of the molecule is Cc1c(F)cccc1NC(=O)C1(C(N)=S)CCCCC1. The minimum absolute atomic E-state index is 0.210. The van der Waals surface area contributed by atoms with Crippen LogP contribution in [-0.2, 0) is 4.79 Å². The molecule has 3 N–H and O–H groups in total. The van der Waals surface area contributed by atoms with E-state index in [0.29, 0.717) is 24.1 Å². The molecule has 1 aliphatic carbocycles. The van der Waals surface area contributed by atoms with Crippen molar-refractivity contribution in [3.8, 4) is 0 Å². The van der Waals surface area contributed by atoms with E-state index < -0.39 is 5.41 Å². The second-order valence-electron chi connectivity index (χ2n) is 5.37. The molecule has 1 saturated carbocycles. The number of carbonyl (C=O) groups is 1. The molecule has 20 heavy (non-hydrogen) atoms. The Labute approximate surface area is 123 Å². The van der Waals surface area contributed by atoms with Gasteiger partial charge in [0, 0.05) is 11.3 Å². The number of rotatable bonds is 3. The fraction of sp³-hybridized carbons (Fsp3) is 0.467. The quantitative estimate of drug-likeness (QED) is 0.841. The third-order valence-electron chi connectivity index (χ3n) is 4.13. The van der Waals surface area contributed by atoms with Crippen molar-refractivity contribution in [2.75, 3.05) is 5.32 Å². The summed E-state index contributed by atoms with van der Waals surface area (Å²) in [5, 5.41) is 2.80. The van der Waals surface area contributed by atoms with Crippen LogP contribution in [0.5, 0.6) is 0 Å². The second-order valence-corrected chi connectivity index (χ2v) is 5.81. The van der Waals surface area contributed by atoms with Crippen LogP contribution in [0.15, 0.2) is 18.2 Å². The molecule has 1 aliphatic rings. The van der Waals surface area contributed by atoms with Crippen molar-refractivity contribution in [2.24, 2.45) is 11.1 Å². The monoisotopic (exact) mass is 294 g/mol. The highest BCUT2D eigenvalue weighted by Crippen LogP contribution is 2.38. The standard InChI is InChI=1S/C15H19FN2OS/c1-10-11(16)6-5-7-12(10)18-14(19)15(13(17)20)8-3-2-4-9-15/h5-7H,2-4,8-9H2,1H3,(H2,17,20)(H,18,19). The van der Waals surface area contributed by atoms with Gasteiger partial charge in [-0.25, -0.2) is 4.39 Å². The molecule has 0 saturated heterocycles. The summed E-state index contributed by atoms with van der Waals surface area (Å²) in [6, 6.07) is 4.63. The third kappa shape index (κ3) is 2.68. The second kappa shape index (κ2) is 5.87. The van der Waals surface area contributed by atoms with Gasteiger partial charge in [-0.2, -0.15) is 0 Å². The smallest absolute Gasteiger partial charge is 0.237 e. The molecule has 0 atom stereocenters. The molecule has 0 radical (unpaired) electrons. The number of hydrogen-bond acceptors (Lipinski definition) is 2. The van der Waals surface area contributed by atoms with Gasteiger partial charge in [0.2, 0.25) is 5.91 Å². The average molecular weight is 294 g/mol. The van der Waals surface area contributed by atoms with Gasteiger partial charge in [0.05, 0.1) is 10.4 Å². The van der Waals surface area contributed by atoms with E-state index in [1.807, 2.05) is 0 Å². The number of nitrogens with one attached hydrogen (secondary N) is 1. The molecular formula is C15H19FN2OS. The Bertz CT molecular complexity index is 539. The largest absolute Gasteiger partial charge is 0.392 e. The van der Waals surface area contributed by atoms with Gasteiger partial charge < -0.3 is 11.1 Å². The number of halogens is 1. The lowest BCUT2D eigenvalue weighted by molar-refractivity contribution is -0.123. The Morgan fingerprint density at radius 2 is 2.00 bits per heavy atom. The van der Waals surface area contributed by atoms with E-state index >= 15 is 0 Å². The number of hydrogen-bond donors (Lipinski definition) is 2. The van der Waals surface area contributed by atoms with Gasteiger partial charge in [-0.1, -0.05) is 37.5 Å². The Morgan fingerprint density at radius 1 is 1.35 bits per heavy atom. The molecule has 1 aromatic rings. The lowest BCUT2D eigenvalue weighted by Crippen LogP contribution is -2.47. The van der Waals surface area contributed by atoms with Gasteiger partial charge >= 0.3 is 0 Å². The highest BCUT2D eigenvalue weighted by atomic mass is 32.1. The Balaban J connectivity index is 2.25. The minimum atomic E-state index is -0.785. The Hall–Kier alpha value is -1.49. The molecule has 0 spiro atoms. The van der Waals surface area contributed by atoms with Crippen LogP contribution in [0.25, 0.3) is 0 Å². The first-order valence-corrected chi connectivity index (χ1v) is 7.25. The van der Waals surface area contributed by atoms with E-state index in [1.54, 1.807) is 19.1 Å². The number of benzene rings is 1. The molecule has 0 aliphatic heterocycles. The van der Waals surface area contributed by atoms with Gasteiger partial charge in [-0.15, -0.1) is 0 Å². The summed E-state index contributed by atoms with van der Waals surface area (Å²) >= 11 is 5.12. The lowest BCUT2D eigenvalue weighted by Gasteiger charge is -2.34. The molecule has 1 fully saturated rings. The van der Waals surface area contributed by atoms with Crippen molar-refractivity contribution in [1.82, 2.24) is 0 Å². The number of nitrogens with two attached hydrogens (primary N) is 1.